The molecule has 0 aromatic rings. The van der Waals surface area contributed by atoms with Crippen molar-refractivity contribution in [1.82, 2.24) is 9.21 Å². The smallest absolute Gasteiger partial charge is 0.224 e. The summed E-state index contributed by atoms with van der Waals surface area (Å²) < 4.78 is 29.5. The van der Waals surface area contributed by atoms with Gasteiger partial charge in [0.2, 0.25) is 15.9 Å². The maximum Gasteiger partial charge on any atom is 0.224 e. The van der Waals surface area contributed by atoms with Crippen LogP contribution in [0.2, 0.25) is 0 Å². The first-order valence-corrected chi connectivity index (χ1v) is 8.49. The van der Waals surface area contributed by atoms with E-state index in [0.717, 1.165) is 0 Å². The fourth-order valence-electron chi connectivity index (χ4n) is 2.21. The van der Waals surface area contributed by atoms with Gasteiger partial charge >= 0.3 is 0 Å². The normalized spacial score (nSPS) is 18.0. The molecule has 1 aliphatic rings. The molecule has 0 N–H and O–H groups in total. The Hall–Kier alpha value is -0.660. The highest BCUT2D eigenvalue weighted by atomic mass is 32.2. The van der Waals surface area contributed by atoms with Gasteiger partial charge in [-0.15, -0.1) is 0 Å². The summed E-state index contributed by atoms with van der Waals surface area (Å²) >= 11 is 0. The zero-order valence-corrected chi connectivity index (χ0v) is 12.8. The summed E-state index contributed by atoms with van der Waals surface area (Å²) in [6.45, 7) is 4.22. The van der Waals surface area contributed by atoms with Crippen LogP contribution in [0.25, 0.3) is 0 Å². The number of likely N-dealkylation sites (tertiary alicyclic amines) is 1. The summed E-state index contributed by atoms with van der Waals surface area (Å²) in [4.78, 5) is 13.7. The van der Waals surface area contributed by atoms with Crippen LogP contribution in [0.5, 0.6) is 0 Å². The lowest BCUT2D eigenvalue weighted by atomic mass is 10.1. The van der Waals surface area contributed by atoms with Crippen molar-refractivity contribution < 1.29 is 17.9 Å². The van der Waals surface area contributed by atoms with E-state index in [1.54, 1.807) is 11.9 Å². The highest BCUT2D eigenvalue weighted by molar-refractivity contribution is 7.88. The molecule has 0 aliphatic carbocycles. The van der Waals surface area contributed by atoms with E-state index in [1.807, 2.05) is 6.92 Å². The van der Waals surface area contributed by atoms with E-state index in [0.29, 0.717) is 45.6 Å². The van der Waals surface area contributed by atoms with Crippen molar-refractivity contribution in [3.63, 3.8) is 0 Å². The average Bonchev–Trinajstić information content (AvgIpc) is 2.37. The molecule has 0 atom stereocenters. The molecule has 1 heterocycles. The van der Waals surface area contributed by atoms with Crippen LogP contribution < -0.4 is 0 Å². The Balaban J connectivity index is 2.38. The van der Waals surface area contributed by atoms with Crippen molar-refractivity contribution in [2.24, 2.45) is 0 Å². The zero-order valence-electron chi connectivity index (χ0n) is 12.0. The van der Waals surface area contributed by atoms with Crippen LogP contribution >= 0.6 is 0 Å². The number of carbonyl (C=O) groups is 1. The second-order valence-electron chi connectivity index (χ2n) is 4.84. The quantitative estimate of drug-likeness (QED) is 0.660. The van der Waals surface area contributed by atoms with Crippen molar-refractivity contribution in [1.29, 1.82) is 0 Å². The van der Waals surface area contributed by atoms with Gasteiger partial charge in [-0.05, 0) is 19.8 Å². The number of amides is 1. The standard InChI is InChI=1S/C12H24N2O4S/c1-4-18-10-7-12(15)14-8-5-11(6-9-14)13(2)19(3,16)17/h11H,4-10H2,1-3H3. The Kier molecular flexibility index (Phi) is 6.22. The Morgan fingerprint density at radius 3 is 2.42 bits per heavy atom. The Morgan fingerprint density at radius 2 is 1.95 bits per heavy atom. The molecule has 1 amide bonds. The minimum absolute atomic E-state index is 0.00550. The molecule has 0 bridgehead atoms. The molecule has 7 heteroatoms. The van der Waals surface area contributed by atoms with E-state index in [4.69, 9.17) is 4.74 Å². The molecule has 0 radical (unpaired) electrons. The van der Waals surface area contributed by atoms with Gasteiger partial charge in [-0.2, -0.15) is 0 Å². The number of carbonyl (C=O) groups excluding carboxylic acids is 1. The third-order valence-electron chi connectivity index (χ3n) is 3.52. The van der Waals surface area contributed by atoms with Crippen LogP contribution in [0, 0.1) is 0 Å². The molecule has 19 heavy (non-hydrogen) atoms. The van der Waals surface area contributed by atoms with Crippen molar-refractivity contribution in [3.05, 3.63) is 0 Å². The van der Waals surface area contributed by atoms with Crippen LogP contribution in [0.3, 0.4) is 0 Å². The number of piperidine rings is 1. The van der Waals surface area contributed by atoms with E-state index < -0.39 is 10.0 Å². The predicted octanol–water partition coefficient (Wildman–Crippen LogP) is 0.295. The summed E-state index contributed by atoms with van der Waals surface area (Å²) in [5.41, 5.74) is 0. The molecule has 0 unspecified atom stereocenters. The van der Waals surface area contributed by atoms with Crippen LogP contribution in [-0.2, 0) is 19.6 Å². The molecule has 112 valence electrons. The molecule has 1 fully saturated rings. The molecule has 0 aromatic carbocycles. The molecule has 0 spiro atoms. The third kappa shape index (κ3) is 5.08. The van der Waals surface area contributed by atoms with Gasteiger partial charge in [0.25, 0.3) is 0 Å². The lowest BCUT2D eigenvalue weighted by Crippen LogP contribution is -2.47. The van der Waals surface area contributed by atoms with Gasteiger partial charge in [0.05, 0.1) is 19.3 Å². The van der Waals surface area contributed by atoms with Gasteiger partial charge in [-0.1, -0.05) is 0 Å². The number of sulfonamides is 1. The lowest BCUT2D eigenvalue weighted by Gasteiger charge is -2.35. The number of rotatable bonds is 6. The first-order chi connectivity index (χ1) is 8.86. The second-order valence-corrected chi connectivity index (χ2v) is 6.88. The van der Waals surface area contributed by atoms with Gasteiger partial charge < -0.3 is 9.64 Å². The van der Waals surface area contributed by atoms with Gasteiger partial charge in [-0.3, -0.25) is 4.79 Å². The number of nitrogens with zero attached hydrogens (tertiary/aromatic N) is 2. The molecule has 6 nitrogen and oxygen atoms in total. The molecular weight excluding hydrogens is 268 g/mol. The van der Waals surface area contributed by atoms with Crippen molar-refractivity contribution in [2.45, 2.75) is 32.2 Å². The number of ether oxygens (including phenoxy) is 1. The summed E-state index contributed by atoms with van der Waals surface area (Å²) in [7, 11) is -1.54. The second kappa shape index (κ2) is 7.21. The largest absolute Gasteiger partial charge is 0.381 e. The SMILES string of the molecule is CCOCCC(=O)N1CCC(N(C)S(C)(=O)=O)CC1. The van der Waals surface area contributed by atoms with Crippen LogP contribution in [-0.4, -0.2) is 69.2 Å². The van der Waals surface area contributed by atoms with Crippen LogP contribution in [0.15, 0.2) is 0 Å². The minimum atomic E-state index is -3.15. The molecule has 0 aromatic heterocycles. The topological polar surface area (TPSA) is 66.9 Å². The summed E-state index contributed by atoms with van der Waals surface area (Å²) in [6.07, 6.45) is 3.01. The van der Waals surface area contributed by atoms with Crippen molar-refractivity contribution in [3.8, 4) is 0 Å². The molecular formula is C12H24N2O4S. The van der Waals surface area contributed by atoms with Gasteiger partial charge in [0.15, 0.2) is 0 Å². The van der Waals surface area contributed by atoms with E-state index in [1.165, 1.54) is 10.6 Å². The van der Waals surface area contributed by atoms with Crippen molar-refractivity contribution >= 4 is 15.9 Å². The van der Waals surface area contributed by atoms with Crippen LogP contribution in [0.1, 0.15) is 26.2 Å². The van der Waals surface area contributed by atoms with Gasteiger partial charge in [0, 0.05) is 32.8 Å². The van der Waals surface area contributed by atoms with E-state index >= 15 is 0 Å². The summed E-state index contributed by atoms with van der Waals surface area (Å²) in [5.74, 6) is 0.0916. The van der Waals surface area contributed by atoms with Gasteiger partial charge in [0.1, 0.15) is 0 Å². The minimum Gasteiger partial charge on any atom is -0.381 e. The Bertz CT molecular complexity index is 389. The van der Waals surface area contributed by atoms with Gasteiger partial charge in [-0.25, -0.2) is 12.7 Å². The van der Waals surface area contributed by atoms with Crippen molar-refractivity contribution in [2.75, 3.05) is 39.6 Å². The molecule has 1 saturated heterocycles. The fraction of sp³-hybridized carbons (Fsp3) is 0.917. The van der Waals surface area contributed by atoms with Crippen LogP contribution in [0.4, 0.5) is 0 Å². The Morgan fingerprint density at radius 1 is 1.37 bits per heavy atom. The van der Waals surface area contributed by atoms with E-state index in [9.17, 15) is 13.2 Å². The highest BCUT2D eigenvalue weighted by Gasteiger charge is 2.28. The highest BCUT2D eigenvalue weighted by Crippen LogP contribution is 2.18. The first-order valence-electron chi connectivity index (χ1n) is 6.64. The molecule has 0 saturated carbocycles. The summed E-state index contributed by atoms with van der Waals surface area (Å²) in [5, 5.41) is 0. The first kappa shape index (κ1) is 16.4. The number of hydrogen-bond acceptors (Lipinski definition) is 4. The molecule has 1 rings (SSSR count). The fourth-order valence-corrected chi connectivity index (χ4v) is 2.96. The maximum absolute atomic E-state index is 11.9. The number of hydrogen-bond donors (Lipinski definition) is 0. The van der Waals surface area contributed by atoms with E-state index in [-0.39, 0.29) is 11.9 Å². The van der Waals surface area contributed by atoms with E-state index in [2.05, 4.69) is 0 Å². The zero-order chi connectivity index (χ0) is 14.5. The molecule has 1 aliphatic heterocycles. The lowest BCUT2D eigenvalue weighted by molar-refractivity contribution is -0.133. The summed E-state index contributed by atoms with van der Waals surface area (Å²) in [6, 6.07) is 0.00550. The maximum atomic E-state index is 11.9. The average molecular weight is 292 g/mol. The predicted molar refractivity (Wildman–Crippen MR) is 73.3 cm³/mol. The Labute approximate surface area is 115 Å². The monoisotopic (exact) mass is 292 g/mol. The third-order valence-corrected chi connectivity index (χ3v) is 4.86.